The summed E-state index contributed by atoms with van der Waals surface area (Å²) in [6.45, 7) is 4.30. The van der Waals surface area contributed by atoms with Crippen LogP contribution in [-0.4, -0.2) is 43.9 Å². The lowest BCUT2D eigenvalue weighted by atomic mass is 9.93. The molecule has 6 nitrogen and oxygen atoms in total. The van der Waals surface area contributed by atoms with Gasteiger partial charge in [-0.2, -0.15) is 10.2 Å². The minimum atomic E-state index is 0.0326. The third kappa shape index (κ3) is 3.27. The highest BCUT2D eigenvalue weighted by Gasteiger charge is 2.26. The average Bonchev–Trinajstić information content (AvgIpc) is 3.38. The maximum absolute atomic E-state index is 12.6. The van der Waals surface area contributed by atoms with E-state index in [9.17, 15) is 4.79 Å². The number of likely N-dealkylation sites (tertiary alicyclic amines) is 1. The molecule has 26 heavy (non-hydrogen) atoms. The first-order valence-corrected chi connectivity index (χ1v) is 9.18. The van der Waals surface area contributed by atoms with Gasteiger partial charge in [0.05, 0.1) is 5.69 Å². The Hall–Kier alpha value is -2.89. The predicted octanol–water partition coefficient (Wildman–Crippen LogP) is 3.31. The summed E-state index contributed by atoms with van der Waals surface area (Å²) in [7, 11) is 0. The number of rotatable bonds is 4. The molecule has 6 heteroatoms. The van der Waals surface area contributed by atoms with Crippen LogP contribution >= 0.6 is 0 Å². The maximum Gasteiger partial charge on any atom is 0.274 e. The van der Waals surface area contributed by atoms with Gasteiger partial charge in [0.15, 0.2) is 0 Å². The Labute approximate surface area is 152 Å². The average molecular weight is 349 g/mol. The first-order chi connectivity index (χ1) is 12.7. The Kier molecular flexibility index (Phi) is 4.56. The standard InChI is InChI=1S/C20H23N5O/c1-2-25-13-10-17(23-25)20(26)24-11-8-16(9-12-24)19-14-18(21-22-19)15-6-4-3-5-7-15/h3-7,10,13-14,16H,2,8-9,11-12H2,1H3,(H,21,22). The number of piperidine rings is 1. The number of hydrogen-bond donors (Lipinski definition) is 1. The van der Waals surface area contributed by atoms with Gasteiger partial charge in [-0.25, -0.2) is 0 Å². The smallest absolute Gasteiger partial charge is 0.274 e. The molecule has 3 aromatic rings. The molecule has 1 saturated heterocycles. The molecule has 0 spiro atoms. The second-order valence-electron chi connectivity index (χ2n) is 6.70. The highest BCUT2D eigenvalue weighted by atomic mass is 16.2. The summed E-state index contributed by atoms with van der Waals surface area (Å²) in [6.07, 6.45) is 3.74. The second kappa shape index (κ2) is 7.15. The Morgan fingerprint density at radius 2 is 1.96 bits per heavy atom. The number of carbonyl (C=O) groups excluding carboxylic acids is 1. The Morgan fingerprint density at radius 3 is 2.65 bits per heavy atom. The number of H-pyrrole nitrogens is 1. The van der Waals surface area contributed by atoms with Crippen molar-refractivity contribution in [3.63, 3.8) is 0 Å². The fourth-order valence-electron chi connectivity index (χ4n) is 3.51. The molecule has 1 aromatic carbocycles. The molecule has 1 fully saturated rings. The van der Waals surface area contributed by atoms with Crippen LogP contribution in [-0.2, 0) is 6.54 Å². The van der Waals surface area contributed by atoms with Crippen LogP contribution < -0.4 is 0 Å². The molecule has 1 aliphatic heterocycles. The predicted molar refractivity (Wildman–Crippen MR) is 99.8 cm³/mol. The fraction of sp³-hybridized carbons (Fsp3) is 0.350. The molecule has 1 N–H and O–H groups in total. The molecule has 0 radical (unpaired) electrons. The number of nitrogens with one attached hydrogen (secondary N) is 1. The Balaban J connectivity index is 1.39. The third-order valence-electron chi connectivity index (χ3n) is 5.07. The molecular weight excluding hydrogens is 326 g/mol. The lowest BCUT2D eigenvalue weighted by Crippen LogP contribution is -2.38. The van der Waals surface area contributed by atoms with Crippen molar-refractivity contribution in [3.8, 4) is 11.3 Å². The van der Waals surface area contributed by atoms with Crippen LogP contribution in [0.5, 0.6) is 0 Å². The highest BCUT2D eigenvalue weighted by molar-refractivity contribution is 5.92. The molecule has 3 heterocycles. The molecule has 0 unspecified atom stereocenters. The van der Waals surface area contributed by atoms with E-state index in [1.54, 1.807) is 10.7 Å². The van der Waals surface area contributed by atoms with Crippen LogP contribution in [0.1, 0.15) is 41.9 Å². The van der Waals surface area contributed by atoms with Crippen LogP contribution in [0.4, 0.5) is 0 Å². The van der Waals surface area contributed by atoms with Crippen molar-refractivity contribution >= 4 is 5.91 Å². The number of aromatic nitrogens is 4. The Morgan fingerprint density at radius 1 is 1.19 bits per heavy atom. The summed E-state index contributed by atoms with van der Waals surface area (Å²) in [5.74, 6) is 0.447. The van der Waals surface area contributed by atoms with E-state index in [4.69, 9.17) is 0 Å². The molecule has 0 saturated carbocycles. The van der Waals surface area contributed by atoms with E-state index in [-0.39, 0.29) is 5.91 Å². The van der Waals surface area contributed by atoms with E-state index < -0.39 is 0 Å². The topological polar surface area (TPSA) is 66.8 Å². The van der Waals surface area contributed by atoms with Gasteiger partial charge in [0.2, 0.25) is 0 Å². The van der Waals surface area contributed by atoms with E-state index in [0.29, 0.717) is 11.6 Å². The highest BCUT2D eigenvalue weighted by Crippen LogP contribution is 2.29. The van der Waals surface area contributed by atoms with Crippen molar-refractivity contribution in [2.45, 2.75) is 32.2 Å². The molecule has 2 aromatic heterocycles. The summed E-state index contributed by atoms with van der Waals surface area (Å²) in [6, 6.07) is 14.1. The molecular formula is C20H23N5O. The summed E-state index contributed by atoms with van der Waals surface area (Å²) >= 11 is 0. The second-order valence-corrected chi connectivity index (χ2v) is 6.70. The zero-order valence-corrected chi connectivity index (χ0v) is 14.9. The van der Waals surface area contributed by atoms with Gasteiger partial charge in [-0.05, 0) is 31.9 Å². The van der Waals surface area contributed by atoms with Crippen molar-refractivity contribution in [3.05, 3.63) is 60.0 Å². The zero-order chi connectivity index (χ0) is 17.9. The van der Waals surface area contributed by atoms with Crippen LogP contribution in [0.25, 0.3) is 11.3 Å². The molecule has 1 aliphatic rings. The summed E-state index contributed by atoms with van der Waals surface area (Å²) in [5, 5.41) is 12.0. The number of hydrogen-bond acceptors (Lipinski definition) is 3. The first kappa shape index (κ1) is 16.6. The van der Waals surface area contributed by atoms with Crippen molar-refractivity contribution in [1.29, 1.82) is 0 Å². The van der Waals surface area contributed by atoms with Crippen LogP contribution in [0, 0.1) is 0 Å². The van der Waals surface area contributed by atoms with Gasteiger partial charge < -0.3 is 4.90 Å². The largest absolute Gasteiger partial charge is 0.337 e. The summed E-state index contributed by atoms with van der Waals surface area (Å²) < 4.78 is 1.79. The first-order valence-electron chi connectivity index (χ1n) is 9.18. The molecule has 0 atom stereocenters. The summed E-state index contributed by atoms with van der Waals surface area (Å²) in [5.41, 5.74) is 3.79. The minimum absolute atomic E-state index is 0.0326. The van der Waals surface area contributed by atoms with Crippen LogP contribution in [0.3, 0.4) is 0 Å². The van der Waals surface area contributed by atoms with Crippen molar-refractivity contribution in [2.75, 3.05) is 13.1 Å². The van der Waals surface area contributed by atoms with E-state index >= 15 is 0 Å². The van der Waals surface area contributed by atoms with Gasteiger partial charge in [-0.1, -0.05) is 30.3 Å². The van der Waals surface area contributed by atoms with Gasteiger partial charge >= 0.3 is 0 Å². The van der Waals surface area contributed by atoms with Crippen LogP contribution in [0.2, 0.25) is 0 Å². The molecule has 4 rings (SSSR count). The number of amides is 1. The maximum atomic E-state index is 12.6. The Bertz CT molecular complexity index is 875. The zero-order valence-electron chi connectivity index (χ0n) is 14.9. The van der Waals surface area contributed by atoms with Gasteiger partial charge in [0.25, 0.3) is 5.91 Å². The quantitative estimate of drug-likeness (QED) is 0.786. The van der Waals surface area contributed by atoms with Crippen molar-refractivity contribution in [2.24, 2.45) is 0 Å². The lowest BCUT2D eigenvalue weighted by molar-refractivity contribution is 0.0705. The SMILES string of the molecule is CCn1ccc(C(=O)N2CCC(c3cc(-c4ccccc4)n[nH]3)CC2)n1. The van der Waals surface area contributed by atoms with Crippen LogP contribution in [0.15, 0.2) is 48.7 Å². The molecule has 134 valence electrons. The number of aryl methyl sites for hydroxylation is 1. The molecule has 0 bridgehead atoms. The van der Waals surface area contributed by atoms with Crippen molar-refractivity contribution < 1.29 is 4.79 Å². The lowest BCUT2D eigenvalue weighted by Gasteiger charge is -2.31. The number of nitrogens with zero attached hydrogens (tertiary/aromatic N) is 4. The molecule has 0 aliphatic carbocycles. The van der Waals surface area contributed by atoms with Gasteiger partial charge in [0, 0.05) is 43.0 Å². The fourth-order valence-corrected chi connectivity index (χ4v) is 3.51. The molecule has 1 amide bonds. The van der Waals surface area contributed by atoms with E-state index in [2.05, 4.69) is 33.5 Å². The normalized spacial score (nSPS) is 15.3. The van der Waals surface area contributed by atoms with E-state index in [0.717, 1.165) is 49.4 Å². The van der Waals surface area contributed by atoms with Gasteiger partial charge in [-0.15, -0.1) is 0 Å². The van der Waals surface area contributed by atoms with E-state index in [1.807, 2.05) is 36.2 Å². The monoisotopic (exact) mass is 349 g/mol. The number of carbonyl (C=O) groups is 1. The third-order valence-corrected chi connectivity index (χ3v) is 5.07. The summed E-state index contributed by atoms with van der Waals surface area (Å²) in [4.78, 5) is 14.5. The minimum Gasteiger partial charge on any atom is -0.337 e. The van der Waals surface area contributed by atoms with Gasteiger partial charge in [-0.3, -0.25) is 14.6 Å². The number of benzene rings is 1. The number of aromatic amines is 1. The van der Waals surface area contributed by atoms with Crippen molar-refractivity contribution in [1.82, 2.24) is 24.9 Å². The van der Waals surface area contributed by atoms with Gasteiger partial charge in [0.1, 0.15) is 5.69 Å². The van der Waals surface area contributed by atoms with E-state index in [1.165, 1.54) is 0 Å².